The third-order valence-corrected chi connectivity index (χ3v) is 4.22. The molecular weight excluding hydrogens is 312 g/mol. The lowest BCUT2D eigenvalue weighted by Gasteiger charge is -2.05. The number of methoxy groups -OCH3 is 1. The number of hydrogen-bond donors (Lipinski definition) is 1. The summed E-state index contributed by atoms with van der Waals surface area (Å²) in [6, 6.07) is 7.49. The van der Waals surface area contributed by atoms with Gasteiger partial charge in [-0.05, 0) is 32.0 Å². The summed E-state index contributed by atoms with van der Waals surface area (Å²) in [5, 5.41) is 7.90. The summed E-state index contributed by atoms with van der Waals surface area (Å²) in [5.41, 5.74) is 2.08. The Morgan fingerprint density at radius 2 is 2.17 bits per heavy atom. The summed E-state index contributed by atoms with van der Waals surface area (Å²) in [6.07, 6.45) is 0. The second-order valence-electron chi connectivity index (χ2n) is 5.15. The van der Waals surface area contributed by atoms with Crippen LogP contribution in [0.4, 0.5) is 5.82 Å². The number of amides is 1. The van der Waals surface area contributed by atoms with E-state index >= 15 is 0 Å². The van der Waals surface area contributed by atoms with E-state index in [2.05, 4.69) is 22.0 Å². The Kier molecular flexibility index (Phi) is 3.87. The van der Waals surface area contributed by atoms with Gasteiger partial charge < -0.3 is 10.1 Å². The maximum atomic E-state index is 11.9. The van der Waals surface area contributed by atoms with Crippen molar-refractivity contribution >= 4 is 33.3 Å². The zero-order chi connectivity index (χ0) is 16.6. The lowest BCUT2D eigenvalue weighted by atomic mass is 10.3. The molecule has 0 unspecified atom stereocenters. The molecule has 7 heteroatoms. The molecule has 0 aliphatic heterocycles. The first-order valence-electron chi connectivity index (χ1n) is 6.96. The molecule has 2 aromatic heterocycles. The number of benzene rings is 1. The van der Waals surface area contributed by atoms with Crippen molar-refractivity contribution < 1.29 is 9.53 Å². The third-order valence-electron chi connectivity index (χ3n) is 3.23. The van der Waals surface area contributed by atoms with Gasteiger partial charge in [0.1, 0.15) is 11.6 Å². The fraction of sp³-hybridized carbons (Fsp3) is 0.188. The Bertz CT molecular complexity index is 910. The van der Waals surface area contributed by atoms with Crippen LogP contribution in [-0.4, -0.2) is 27.8 Å². The number of aromatic nitrogens is 3. The molecule has 2 heterocycles. The van der Waals surface area contributed by atoms with Crippen molar-refractivity contribution in [3.63, 3.8) is 0 Å². The number of thiazole rings is 1. The number of nitrogens with zero attached hydrogens (tertiary/aromatic N) is 3. The van der Waals surface area contributed by atoms with Crippen molar-refractivity contribution in [3.8, 4) is 10.9 Å². The van der Waals surface area contributed by atoms with Crippen LogP contribution in [0.1, 0.15) is 12.6 Å². The van der Waals surface area contributed by atoms with E-state index in [-0.39, 0.29) is 5.91 Å². The van der Waals surface area contributed by atoms with Gasteiger partial charge in [0, 0.05) is 11.6 Å². The van der Waals surface area contributed by atoms with Crippen LogP contribution >= 0.6 is 11.3 Å². The van der Waals surface area contributed by atoms with Gasteiger partial charge in [-0.2, -0.15) is 9.78 Å². The topological polar surface area (TPSA) is 69.0 Å². The zero-order valence-electron chi connectivity index (χ0n) is 13.1. The normalized spacial score (nSPS) is 10.7. The van der Waals surface area contributed by atoms with E-state index in [1.54, 1.807) is 24.8 Å². The van der Waals surface area contributed by atoms with Crippen molar-refractivity contribution in [3.05, 3.63) is 42.1 Å². The fourth-order valence-electron chi connectivity index (χ4n) is 2.07. The SMILES string of the molecule is C=C(C)C(=O)Nc1cc(C)nn1-c1nc2ccc(OC)cc2s1. The van der Waals surface area contributed by atoms with Crippen molar-refractivity contribution in [2.75, 3.05) is 12.4 Å². The summed E-state index contributed by atoms with van der Waals surface area (Å²) in [6.45, 7) is 7.17. The average molecular weight is 328 g/mol. The summed E-state index contributed by atoms with van der Waals surface area (Å²) in [4.78, 5) is 16.4. The van der Waals surface area contributed by atoms with E-state index in [4.69, 9.17) is 4.74 Å². The van der Waals surface area contributed by atoms with Crippen molar-refractivity contribution in [1.82, 2.24) is 14.8 Å². The van der Waals surface area contributed by atoms with Gasteiger partial charge in [-0.15, -0.1) is 0 Å². The number of ether oxygens (including phenoxy) is 1. The highest BCUT2D eigenvalue weighted by Gasteiger charge is 2.15. The second kappa shape index (κ2) is 5.85. The molecule has 1 N–H and O–H groups in total. The minimum Gasteiger partial charge on any atom is -0.497 e. The van der Waals surface area contributed by atoms with Gasteiger partial charge in [0.25, 0.3) is 5.91 Å². The van der Waals surface area contributed by atoms with E-state index in [0.717, 1.165) is 21.7 Å². The highest BCUT2D eigenvalue weighted by atomic mass is 32.1. The quantitative estimate of drug-likeness (QED) is 0.746. The molecule has 1 aromatic carbocycles. The molecule has 0 atom stereocenters. The number of anilines is 1. The molecule has 0 aliphatic rings. The van der Waals surface area contributed by atoms with Crippen LogP contribution in [0.25, 0.3) is 15.3 Å². The molecule has 0 spiro atoms. The van der Waals surface area contributed by atoms with Crippen LogP contribution in [-0.2, 0) is 4.79 Å². The predicted octanol–water partition coefficient (Wildman–Crippen LogP) is 3.31. The molecule has 3 rings (SSSR count). The van der Waals surface area contributed by atoms with Gasteiger partial charge in [0.2, 0.25) is 5.13 Å². The van der Waals surface area contributed by atoms with Crippen LogP contribution in [0.5, 0.6) is 5.75 Å². The van der Waals surface area contributed by atoms with Crippen LogP contribution < -0.4 is 10.1 Å². The first kappa shape index (κ1) is 15.2. The van der Waals surface area contributed by atoms with E-state index in [1.165, 1.54) is 11.3 Å². The lowest BCUT2D eigenvalue weighted by Crippen LogP contribution is -2.15. The molecule has 0 radical (unpaired) electrons. The maximum absolute atomic E-state index is 11.9. The standard InChI is InChI=1S/C16H16N4O2S/c1-9(2)15(21)18-14-7-10(3)19-20(14)16-17-12-6-5-11(22-4)8-13(12)23-16/h5-8H,1H2,2-4H3,(H,18,21). The molecular formula is C16H16N4O2S. The number of nitrogens with one attached hydrogen (secondary N) is 1. The summed E-state index contributed by atoms with van der Waals surface area (Å²) in [5.74, 6) is 1.11. The van der Waals surface area contributed by atoms with E-state index in [1.807, 2.05) is 25.1 Å². The molecule has 1 amide bonds. The van der Waals surface area contributed by atoms with E-state index in [9.17, 15) is 4.79 Å². The minimum atomic E-state index is -0.242. The molecule has 0 aliphatic carbocycles. The fourth-order valence-corrected chi connectivity index (χ4v) is 3.03. The highest BCUT2D eigenvalue weighted by Crippen LogP contribution is 2.30. The monoisotopic (exact) mass is 328 g/mol. The van der Waals surface area contributed by atoms with Gasteiger partial charge in [-0.1, -0.05) is 17.9 Å². The van der Waals surface area contributed by atoms with Crippen molar-refractivity contribution in [2.24, 2.45) is 0 Å². The van der Waals surface area contributed by atoms with Gasteiger partial charge >= 0.3 is 0 Å². The number of rotatable bonds is 4. The van der Waals surface area contributed by atoms with Crippen molar-refractivity contribution in [2.45, 2.75) is 13.8 Å². The Morgan fingerprint density at radius 3 is 2.87 bits per heavy atom. The maximum Gasteiger partial charge on any atom is 0.251 e. The van der Waals surface area contributed by atoms with E-state index in [0.29, 0.717) is 16.5 Å². The molecule has 6 nitrogen and oxygen atoms in total. The molecule has 0 bridgehead atoms. The van der Waals surface area contributed by atoms with Gasteiger partial charge in [0.05, 0.1) is 23.0 Å². The number of fused-ring (bicyclic) bond motifs is 1. The smallest absolute Gasteiger partial charge is 0.251 e. The van der Waals surface area contributed by atoms with Gasteiger partial charge in [-0.3, -0.25) is 4.79 Å². The van der Waals surface area contributed by atoms with Crippen LogP contribution in [0, 0.1) is 6.92 Å². The number of carbonyl (C=O) groups is 1. The number of hydrogen-bond acceptors (Lipinski definition) is 5. The van der Waals surface area contributed by atoms with Crippen LogP contribution in [0.15, 0.2) is 36.4 Å². The molecule has 3 aromatic rings. The molecule has 0 saturated heterocycles. The lowest BCUT2D eigenvalue weighted by molar-refractivity contribution is -0.112. The number of carbonyl (C=O) groups excluding carboxylic acids is 1. The Hall–Kier alpha value is -2.67. The molecule has 0 saturated carbocycles. The molecule has 118 valence electrons. The largest absolute Gasteiger partial charge is 0.497 e. The highest BCUT2D eigenvalue weighted by molar-refractivity contribution is 7.20. The Morgan fingerprint density at radius 1 is 1.39 bits per heavy atom. The third kappa shape index (κ3) is 2.95. The van der Waals surface area contributed by atoms with Crippen LogP contribution in [0.2, 0.25) is 0 Å². The zero-order valence-corrected chi connectivity index (χ0v) is 13.9. The van der Waals surface area contributed by atoms with Crippen LogP contribution in [0.3, 0.4) is 0 Å². The Balaban J connectivity index is 2.04. The molecule has 0 fully saturated rings. The summed E-state index contributed by atoms with van der Waals surface area (Å²) < 4.78 is 7.86. The van der Waals surface area contributed by atoms with Gasteiger partial charge in [0.15, 0.2) is 0 Å². The van der Waals surface area contributed by atoms with Crippen molar-refractivity contribution in [1.29, 1.82) is 0 Å². The first-order chi connectivity index (χ1) is 11.0. The number of aryl methyl sites for hydroxylation is 1. The Labute approximate surface area is 137 Å². The summed E-state index contributed by atoms with van der Waals surface area (Å²) in [7, 11) is 1.63. The van der Waals surface area contributed by atoms with E-state index < -0.39 is 0 Å². The predicted molar refractivity (Wildman–Crippen MR) is 91.5 cm³/mol. The molecule has 23 heavy (non-hydrogen) atoms. The van der Waals surface area contributed by atoms with Gasteiger partial charge in [-0.25, -0.2) is 4.98 Å². The first-order valence-corrected chi connectivity index (χ1v) is 7.78. The average Bonchev–Trinajstić information content (AvgIpc) is 3.09. The second-order valence-corrected chi connectivity index (χ2v) is 6.16. The summed E-state index contributed by atoms with van der Waals surface area (Å²) >= 11 is 1.48. The minimum absolute atomic E-state index is 0.242.